The van der Waals surface area contributed by atoms with Gasteiger partial charge >= 0.3 is 0 Å². The maximum atomic E-state index is 5.73. The van der Waals surface area contributed by atoms with Crippen molar-refractivity contribution >= 4 is 12.4 Å². The molecule has 0 spiro atoms. The molecule has 1 fully saturated rings. The summed E-state index contributed by atoms with van der Waals surface area (Å²) in [6.45, 7) is 3.35. The third-order valence-electron chi connectivity index (χ3n) is 2.13. The summed E-state index contributed by atoms with van der Waals surface area (Å²) in [6.07, 6.45) is 1.16. The highest BCUT2D eigenvalue weighted by molar-refractivity contribution is 5.85. The molecule has 0 bridgehead atoms. The molecular weight excluding hydrogens is 136 g/mol. The van der Waals surface area contributed by atoms with Crippen LogP contribution >= 0.6 is 12.4 Å². The highest BCUT2D eigenvalue weighted by Gasteiger charge is 2.23. The molecule has 2 atom stereocenters. The number of rotatable bonds is 0. The molecule has 56 valence electrons. The first-order valence-electron chi connectivity index (χ1n) is 3.17. The maximum Gasteiger partial charge on any atom is 0.0216 e. The number of likely N-dealkylation sites (N-methyl/N-ethyl adjacent to an activating group) is 1. The van der Waals surface area contributed by atoms with E-state index < -0.39 is 0 Å². The molecule has 2 N–H and O–H groups in total. The Labute approximate surface area is 62.8 Å². The van der Waals surface area contributed by atoms with Gasteiger partial charge in [-0.3, -0.25) is 0 Å². The van der Waals surface area contributed by atoms with Gasteiger partial charge < -0.3 is 10.6 Å². The quantitative estimate of drug-likeness (QED) is 0.544. The molecule has 1 heterocycles. The third-order valence-corrected chi connectivity index (χ3v) is 2.13. The van der Waals surface area contributed by atoms with Crippen molar-refractivity contribution in [3.8, 4) is 0 Å². The second kappa shape index (κ2) is 3.40. The molecule has 0 aromatic heterocycles. The Kier molecular flexibility index (Phi) is 3.48. The number of likely N-dealkylation sites (tertiary alicyclic amines) is 1. The topological polar surface area (TPSA) is 29.3 Å². The Morgan fingerprint density at radius 1 is 1.56 bits per heavy atom. The summed E-state index contributed by atoms with van der Waals surface area (Å²) < 4.78 is 0. The molecule has 2 unspecified atom stereocenters. The first-order valence-corrected chi connectivity index (χ1v) is 3.17. The van der Waals surface area contributed by atoms with Gasteiger partial charge in [-0.1, -0.05) is 0 Å². The Bertz CT molecular complexity index is 77.1. The summed E-state index contributed by atoms with van der Waals surface area (Å²) in [7, 11) is 2.12. The van der Waals surface area contributed by atoms with Gasteiger partial charge in [0, 0.05) is 12.1 Å². The van der Waals surface area contributed by atoms with Gasteiger partial charge in [0.05, 0.1) is 0 Å². The van der Waals surface area contributed by atoms with E-state index >= 15 is 0 Å². The van der Waals surface area contributed by atoms with Crippen molar-refractivity contribution in [2.24, 2.45) is 5.73 Å². The van der Waals surface area contributed by atoms with Crippen LogP contribution < -0.4 is 5.73 Å². The first-order chi connectivity index (χ1) is 3.72. The Morgan fingerprint density at radius 3 is 2.22 bits per heavy atom. The maximum absolute atomic E-state index is 5.73. The van der Waals surface area contributed by atoms with E-state index in [0.717, 1.165) is 6.42 Å². The minimum atomic E-state index is 0. The van der Waals surface area contributed by atoms with Gasteiger partial charge in [0.25, 0.3) is 0 Å². The van der Waals surface area contributed by atoms with E-state index in [9.17, 15) is 0 Å². The van der Waals surface area contributed by atoms with Gasteiger partial charge in [-0.2, -0.15) is 0 Å². The molecule has 0 aromatic rings. The van der Waals surface area contributed by atoms with Crippen molar-refractivity contribution in [1.82, 2.24) is 4.90 Å². The van der Waals surface area contributed by atoms with Crippen molar-refractivity contribution in [2.45, 2.75) is 25.4 Å². The first kappa shape index (κ1) is 9.21. The smallest absolute Gasteiger partial charge is 0.0216 e. The van der Waals surface area contributed by atoms with Crippen molar-refractivity contribution in [2.75, 3.05) is 13.6 Å². The van der Waals surface area contributed by atoms with E-state index in [2.05, 4.69) is 18.9 Å². The molecule has 2 nitrogen and oxygen atoms in total. The molecule has 1 rings (SSSR count). The van der Waals surface area contributed by atoms with Gasteiger partial charge in [-0.05, 0) is 26.9 Å². The largest absolute Gasteiger partial charge is 0.326 e. The molecule has 9 heavy (non-hydrogen) atoms. The SMILES string of the molecule is CC1C(N)CCN1C.Cl. The van der Waals surface area contributed by atoms with Crippen LogP contribution in [0.2, 0.25) is 0 Å². The fraction of sp³-hybridized carbons (Fsp3) is 1.00. The second-order valence-corrected chi connectivity index (χ2v) is 2.67. The normalized spacial score (nSPS) is 36.3. The fourth-order valence-electron chi connectivity index (χ4n) is 1.12. The zero-order valence-electron chi connectivity index (χ0n) is 6.00. The van der Waals surface area contributed by atoms with Crippen LogP contribution in [0.5, 0.6) is 0 Å². The van der Waals surface area contributed by atoms with Gasteiger partial charge in [-0.25, -0.2) is 0 Å². The third kappa shape index (κ3) is 1.81. The molecule has 0 amide bonds. The molecule has 1 saturated heterocycles. The predicted molar refractivity (Wildman–Crippen MR) is 41.9 cm³/mol. The van der Waals surface area contributed by atoms with Crippen LogP contribution in [0, 0.1) is 0 Å². The van der Waals surface area contributed by atoms with E-state index in [1.807, 2.05) is 0 Å². The van der Waals surface area contributed by atoms with Crippen LogP contribution in [0.15, 0.2) is 0 Å². The minimum Gasteiger partial charge on any atom is -0.326 e. The Hall–Kier alpha value is 0.210. The van der Waals surface area contributed by atoms with Gasteiger partial charge in [0.2, 0.25) is 0 Å². The lowest BCUT2D eigenvalue weighted by molar-refractivity contribution is 0.318. The summed E-state index contributed by atoms with van der Waals surface area (Å²) in [5.74, 6) is 0. The Morgan fingerprint density at radius 2 is 2.11 bits per heavy atom. The lowest BCUT2D eigenvalue weighted by atomic mass is 10.2. The van der Waals surface area contributed by atoms with Crippen molar-refractivity contribution in [3.63, 3.8) is 0 Å². The number of nitrogens with two attached hydrogens (primary N) is 1. The van der Waals surface area contributed by atoms with Crippen LogP contribution in [0.25, 0.3) is 0 Å². The van der Waals surface area contributed by atoms with Gasteiger partial charge in [0.15, 0.2) is 0 Å². The molecule has 1 aliphatic heterocycles. The molecule has 0 aliphatic carbocycles. The second-order valence-electron chi connectivity index (χ2n) is 2.67. The summed E-state index contributed by atoms with van der Waals surface area (Å²) >= 11 is 0. The van der Waals surface area contributed by atoms with Crippen LogP contribution in [0.1, 0.15) is 13.3 Å². The van der Waals surface area contributed by atoms with E-state index in [0.29, 0.717) is 12.1 Å². The Balaban J connectivity index is 0.000000640. The highest BCUT2D eigenvalue weighted by atomic mass is 35.5. The van der Waals surface area contributed by atoms with Gasteiger partial charge in [-0.15, -0.1) is 12.4 Å². The number of halogens is 1. The molecule has 3 heteroatoms. The minimum absolute atomic E-state index is 0. The van der Waals surface area contributed by atoms with Gasteiger partial charge in [0.1, 0.15) is 0 Å². The van der Waals surface area contributed by atoms with Crippen LogP contribution in [0.3, 0.4) is 0 Å². The number of nitrogens with zero attached hydrogens (tertiary/aromatic N) is 1. The van der Waals surface area contributed by atoms with Crippen LogP contribution in [0.4, 0.5) is 0 Å². The number of hydrogen-bond donors (Lipinski definition) is 1. The predicted octanol–water partition coefficient (Wildman–Crippen LogP) is 0.459. The lowest BCUT2D eigenvalue weighted by Gasteiger charge is -2.16. The number of hydrogen-bond acceptors (Lipinski definition) is 2. The molecule has 0 radical (unpaired) electrons. The molecular formula is C6H15ClN2. The average Bonchev–Trinajstić information content (AvgIpc) is 1.98. The fourth-order valence-corrected chi connectivity index (χ4v) is 1.12. The van der Waals surface area contributed by atoms with E-state index in [1.54, 1.807) is 0 Å². The monoisotopic (exact) mass is 150 g/mol. The molecule has 1 aliphatic rings. The standard InChI is InChI=1S/C6H14N2.ClH/c1-5-6(7)3-4-8(5)2;/h5-6H,3-4,7H2,1-2H3;1H. The van der Waals surface area contributed by atoms with Crippen LogP contribution in [-0.4, -0.2) is 30.6 Å². The van der Waals surface area contributed by atoms with E-state index in [-0.39, 0.29) is 12.4 Å². The van der Waals surface area contributed by atoms with E-state index in [4.69, 9.17) is 5.73 Å². The van der Waals surface area contributed by atoms with Crippen molar-refractivity contribution in [3.05, 3.63) is 0 Å². The summed E-state index contributed by atoms with van der Waals surface area (Å²) in [5, 5.41) is 0. The average molecular weight is 151 g/mol. The lowest BCUT2D eigenvalue weighted by Crippen LogP contribution is -2.34. The van der Waals surface area contributed by atoms with Crippen molar-refractivity contribution in [1.29, 1.82) is 0 Å². The summed E-state index contributed by atoms with van der Waals surface area (Å²) in [5.41, 5.74) is 5.73. The zero-order valence-corrected chi connectivity index (χ0v) is 6.82. The zero-order chi connectivity index (χ0) is 6.15. The highest BCUT2D eigenvalue weighted by Crippen LogP contribution is 2.11. The van der Waals surface area contributed by atoms with Crippen molar-refractivity contribution < 1.29 is 0 Å². The summed E-state index contributed by atoms with van der Waals surface area (Å²) in [4.78, 5) is 2.30. The van der Waals surface area contributed by atoms with E-state index in [1.165, 1.54) is 6.54 Å². The summed E-state index contributed by atoms with van der Waals surface area (Å²) in [6, 6.07) is 1.01. The molecule has 0 aromatic carbocycles. The molecule has 0 saturated carbocycles. The van der Waals surface area contributed by atoms with Crippen LogP contribution in [-0.2, 0) is 0 Å².